The fourth-order valence-corrected chi connectivity index (χ4v) is 2.03. The standard InChI is InChI=1S/C12H24N2O2/c1-3-8(2)11(13)12(16)14-9-4-6-10(15)7-5-9/h8-11,15H,3-7,13H2,1-2H3,(H,14,16)/t8-,9?,10?,11-/m0/s1. The van der Waals surface area contributed by atoms with Gasteiger partial charge in [0.15, 0.2) is 0 Å². The summed E-state index contributed by atoms with van der Waals surface area (Å²) in [4.78, 5) is 11.8. The van der Waals surface area contributed by atoms with Crippen molar-refractivity contribution >= 4 is 5.91 Å². The predicted molar refractivity (Wildman–Crippen MR) is 63.8 cm³/mol. The van der Waals surface area contributed by atoms with Gasteiger partial charge in [-0.05, 0) is 31.6 Å². The lowest BCUT2D eigenvalue weighted by molar-refractivity contribution is -0.124. The number of carbonyl (C=O) groups excluding carboxylic acids is 1. The van der Waals surface area contributed by atoms with E-state index in [9.17, 15) is 9.90 Å². The van der Waals surface area contributed by atoms with Crippen molar-refractivity contribution in [2.75, 3.05) is 0 Å². The maximum absolute atomic E-state index is 11.8. The van der Waals surface area contributed by atoms with Crippen molar-refractivity contribution in [1.82, 2.24) is 5.32 Å². The lowest BCUT2D eigenvalue weighted by atomic mass is 9.92. The van der Waals surface area contributed by atoms with Crippen molar-refractivity contribution in [2.45, 2.75) is 64.1 Å². The Balaban J connectivity index is 2.33. The van der Waals surface area contributed by atoms with Gasteiger partial charge in [0.05, 0.1) is 12.1 Å². The number of amides is 1. The van der Waals surface area contributed by atoms with Gasteiger partial charge in [0, 0.05) is 6.04 Å². The van der Waals surface area contributed by atoms with Crippen LogP contribution in [-0.4, -0.2) is 29.2 Å². The Kier molecular flexibility index (Phi) is 5.22. The highest BCUT2D eigenvalue weighted by Crippen LogP contribution is 2.18. The zero-order chi connectivity index (χ0) is 12.1. The number of nitrogens with one attached hydrogen (secondary N) is 1. The van der Waals surface area contributed by atoms with E-state index in [1.54, 1.807) is 0 Å². The Bertz CT molecular complexity index is 225. The number of carbonyl (C=O) groups is 1. The molecule has 0 radical (unpaired) electrons. The zero-order valence-electron chi connectivity index (χ0n) is 10.3. The molecule has 94 valence electrons. The van der Waals surface area contributed by atoms with E-state index in [4.69, 9.17) is 5.73 Å². The molecule has 0 unspecified atom stereocenters. The van der Waals surface area contributed by atoms with E-state index >= 15 is 0 Å². The molecule has 0 aromatic carbocycles. The minimum Gasteiger partial charge on any atom is -0.393 e. The summed E-state index contributed by atoms with van der Waals surface area (Å²) in [7, 11) is 0. The van der Waals surface area contributed by atoms with Crippen molar-refractivity contribution in [3.63, 3.8) is 0 Å². The Morgan fingerprint density at radius 3 is 2.50 bits per heavy atom. The van der Waals surface area contributed by atoms with Crippen molar-refractivity contribution < 1.29 is 9.90 Å². The van der Waals surface area contributed by atoms with Crippen molar-refractivity contribution in [3.8, 4) is 0 Å². The van der Waals surface area contributed by atoms with Crippen LogP contribution in [0.2, 0.25) is 0 Å². The summed E-state index contributed by atoms with van der Waals surface area (Å²) in [5, 5.41) is 12.3. The molecular formula is C12H24N2O2. The second-order valence-corrected chi connectivity index (χ2v) is 4.93. The number of hydrogen-bond donors (Lipinski definition) is 3. The van der Waals surface area contributed by atoms with Crippen LogP contribution in [-0.2, 0) is 4.79 Å². The molecule has 0 heterocycles. The first kappa shape index (κ1) is 13.5. The monoisotopic (exact) mass is 228 g/mol. The van der Waals surface area contributed by atoms with Gasteiger partial charge in [0.2, 0.25) is 5.91 Å². The van der Waals surface area contributed by atoms with Crippen LogP contribution < -0.4 is 11.1 Å². The first-order valence-electron chi connectivity index (χ1n) is 6.28. The molecule has 0 aliphatic heterocycles. The van der Waals surface area contributed by atoms with E-state index in [2.05, 4.69) is 5.32 Å². The Morgan fingerprint density at radius 2 is 2.00 bits per heavy atom. The van der Waals surface area contributed by atoms with Gasteiger partial charge in [0.1, 0.15) is 0 Å². The van der Waals surface area contributed by atoms with Crippen LogP contribution in [0.1, 0.15) is 46.0 Å². The molecule has 0 saturated heterocycles. The molecule has 2 atom stereocenters. The molecule has 1 saturated carbocycles. The van der Waals surface area contributed by atoms with Gasteiger partial charge in [0.25, 0.3) is 0 Å². The van der Waals surface area contributed by atoms with Crippen molar-refractivity contribution in [1.29, 1.82) is 0 Å². The normalized spacial score (nSPS) is 29.5. The quantitative estimate of drug-likeness (QED) is 0.665. The second kappa shape index (κ2) is 6.21. The fourth-order valence-electron chi connectivity index (χ4n) is 2.03. The summed E-state index contributed by atoms with van der Waals surface area (Å²) < 4.78 is 0. The van der Waals surface area contributed by atoms with Gasteiger partial charge in [-0.25, -0.2) is 0 Å². The maximum atomic E-state index is 11.8. The maximum Gasteiger partial charge on any atom is 0.237 e. The molecule has 1 amide bonds. The average Bonchev–Trinajstić information content (AvgIpc) is 2.30. The smallest absolute Gasteiger partial charge is 0.237 e. The van der Waals surface area contributed by atoms with E-state index in [-0.39, 0.29) is 24.0 Å². The fraction of sp³-hybridized carbons (Fsp3) is 0.917. The SMILES string of the molecule is CC[C@H](C)[C@H](N)C(=O)NC1CCC(O)CC1. The third-order valence-corrected chi connectivity index (χ3v) is 3.60. The minimum atomic E-state index is -0.406. The Morgan fingerprint density at radius 1 is 1.44 bits per heavy atom. The molecular weight excluding hydrogens is 204 g/mol. The van der Waals surface area contributed by atoms with Crippen LogP contribution in [0.15, 0.2) is 0 Å². The van der Waals surface area contributed by atoms with Crippen LogP contribution in [0.5, 0.6) is 0 Å². The number of hydrogen-bond acceptors (Lipinski definition) is 3. The van der Waals surface area contributed by atoms with Gasteiger partial charge < -0.3 is 16.2 Å². The first-order chi connectivity index (χ1) is 7.54. The van der Waals surface area contributed by atoms with Crippen molar-refractivity contribution in [2.24, 2.45) is 11.7 Å². The molecule has 0 spiro atoms. The van der Waals surface area contributed by atoms with E-state index in [1.807, 2.05) is 13.8 Å². The van der Waals surface area contributed by atoms with Crippen LogP contribution in [0.4, 0.5) is 0 Å². The number of aliphatic hydroxyl groups excluding tert-OH is 1. The Hall–Kier alpha value is -0.610. The predicted octanol–water partition coefficient (Wildman–Crippen LogP) is 0.779. The number of rotatable bonds is 4. The molecule has 4 nitrogen and oxygen atoms in total. The van der Waals surface area contributed by atoms with E-state index in [0.29, 0.717) is 0 Å². The largest absolute Gasteiger partial charge is 0.393 e. The highest BCUT2D eigenvalue weighted by atomic mass is 16.3. The average molecular weight is 228 g/mol. The van der Waals surface area contributed by atoms with Crippen LogP contribution in [0.3, 0.4) is 0 Å². The summed E-state index contributed by atoms with van der Waals surface area (Å²) in [6.07, 6.45) is 4.02. The van der Waals surface area contributed by atoms with Gasteiger partial charge in [-0.3, -0.25) is 4.79 Å². The van der Waals surface area contributed by atoms with Gasteiger partial charge in [-0.15, -0.1) is 0 Å². The molecule has 1 rings (SSSR count). The summed E-state index contributed by atoms with van der Waals surface area (Å²) in [5.41, 5.74) is 5.85. The summed E-state index contributed by atoms with van der Waals surface area (Å²) in [6, 6.07) is -0.206. The molecule has 4 heteroatoms. The number of nitrogens with two attached hydrogens (primary N) is 1. The molecule has 1 fully saturated rings. The lowest BCUT2D eigenvalue weighted by Crippen LogP contribution is -2.49. The van der Waals surface area contributed by atoms with E-state index in [0.717, 1.165) is 32.1 Å². The third kappa shape index (κ3) is 3.76. The Labute approximate surface area is 97.6 Å². The van der Waals surface area contributed by atoms with Crippen LogP contribution >= 0.6 is 0 Å². The van der Waals surface area contributed by atoms with E-state index in [1.165, 1.54) is 0 Å². The highest BCUT2D eigenvalue weighted by Gasteiger charge is 2.25. The molecule has 1 aliphatic rings. The molecule has 0 bridgehead atoms. The molecule has 0 aromatic rings. The lowest BCUT2D eigenvalue weighted by Gasteiger charge is -2.28. The highest BCUT2D eigenvalue weighted by molar-refractivity contribution is 5.82. The van der Waals surface area contributed by atoms with Crippen LogP contribution in [0, 0.1) is 5.92 Å². The van der Waals surface area contributed by atoms with Gasteiger partial charge in [-0.1, -0.05) is 20.3 Å². The second-order valence-electron chi connectivity index (χ2n) is 4.93. The molecule has 0 aromatic heterocycles. The summed E-state index contributed by atoms with van der Waals surface area (Å²) in [5.74, 6) is 0.171. The third-order valence-electron chi connectivity index (χ3n) is 3.60. The first-order valence-corrected chi connectivity index (χ1v) is 6.28. The minimum absolute atomic E-state index is 0.0456. The molecule has 16 heavy (non-hydrogen) atoms. The number of aliphatic hydroxyl groups is 1. The van der Waals surface area contributed by atoms with E-state index < -0.39 is 6.04 Å². The molecule has 4 N–H and O–H groups in total. The zero-order valence-corrected chi connectivity index (χ0v) is 10.3. The summed E-state index contributed by atoms with van der Waals surface area (Å²) in [6.45, 7) is 4.03. The topological polar surface area (TPSA) is 75.4 Å². The molecule has 1 aliphatic carbocycles. The van der Waals surface area contributed by atoms with Gasteiger partial charge in [-0.2, -0.15) is 0 Å². The summed E-state index contributed by atoms with van der Waals surface area (Å²) >= 11 is 0. The van der Waals surface area contributed by atoms with Crippen LogP contribution in [0.25, 0.3) is 0 Å². The van der Waals surface area contributed by atoms with Crippen molar-refractivity contribution in [3.05, 3.63) is 0 Å². The van der Waals surface area contributed by atoms with Gasteiger partial charge >= 0.3 is 0 Å².